The molecule has 0 aliphatic rings. The number of hydrogen-bond donors (Lipinski definition) is 0. The molecule has 2 rings (SSSR count). The van der Waals surface area contributed by atoms with E-state index < -0.39 is 9.84 Å². The quantitative estimate of drug-likeness (QED) is 0.851. The molecule has 90 valence electrons. The summed E-state index contributed by atoms with van der Waals surface area (Å²) in [6.45, 7) is 0. The lowest BCUT2D eigenvalue weighted by Gasteiger charge is -2.00. The van der Waals surface area contributed by atoms with Gasteiger partial charge in [0.15, 0.2) is 14.2 Å². The summed E-state index contributed by atoms with van der Waals surface area (Å²) in [4.78, 5) is 5.56. The van der Waals surface area contributed by atoms with Crippen molar-refractivity contribution in [3.8, 4) is 0 Å². The third kappa shape index (κ3) is 3.54. The van der Waals surface area contributed by atoms with Gasteiger partial charge in [-0.15, -0.1) is 11.3 Å². The van der Waals surface area contributed by atoms with Crippen molar-refractivity contribution in [3.63, 3.8) is 0 Å². The minimum atomic E-state index is -3.12. The molecule has 0 atom stereocenters. The maximum Gasteiger partial charge on any atom is 0.175 e. The average Bonchev–Trinajstić information content (AvgIpc) is 2.63. The highest BCUT2D eigenvalue weighted by Gasteiger charge is 2.07. The zero-order valence-corrected chi connectivity index (χ0v) is 12.8. The van der Waals surface area contributed by atoms with E-state index in [4.69, 9.17) is 0 Å². The van der Waals surface area contributed by atoms with E-state index in [0.717, 1.165) is 13.8 Å². The smallest absolute Gasteiger partial charge is 0.175 e. The number of thiazole rings is 1. The van der Waals surface area contributed by atoms with Crippen molar-refractivity contribution in [3.05, 3.63) is 34.2 Å². The molecule has 2 aromatic rings. The summed E-state index contributed by atoms with van der Waals surface area (Å²) in [6, 6.07) is 6.80. The average molecular weight is 350 g/mol. The monoisotopic (exact) mass is 349 g/mol. The minimum absolute atomic E-state index is 0.335. The van der Waals surface area contributed by atoms with Crippen molar-refractivity contribution >= 4 is 48.9 Å². The van der Waals surface area contributed by atoms with Crippen molar-refractivity contribution in [1.82, 2.24) is 4.98 Å². The van der Waals surface area contributed by atoms with Gasteiger partial charge in [0.05, 0.1) is 4.90 Å². The Bertz CT molecular complexity index is 619. The summed E-state index contributed by atoms with van der Waals surface area (Å²) in [7, 11) is -3.12. The van der Waals surface area contributed by atoms with Crippen LogP contribution in [0.4, 0.5) is 0 Å². The van der Waals surface area contributed by atoms with Crippen LogP contribution < -0.4 is 0 Å². The molecule has 0 radical (unpaired) electrons. The number of halogens is 1. The van der Waals surface area contributed by atoms with Gasteiger partial charge >= 0.3 is 0 Å². The van der Waals surface area contributed by atoms with E-state index in [1.165, 1.54) is 18.0 Å². The van der Waals surface area contributed by atoms with Crippen molar-refractivity contribution in [2.24, 2.45) is 0 Å². The first kappa shape index (κ1) is 13.1. The van der Waals surface area contributed by atoms with Crippen LogP contribution in [0.15, 0.2) is 48.4 Å². The Labute approximate surface area is 116 Å². The minimum Gasteiger partial charge on any atom is -0.224 e. The van der Waals surface area contributed by atoms with Crippen molar-refractivity contribution in [2.45, 2.75) is 14.1 Å². The van der Waals surface area contributed by atoms with Crippen molar-refractivity contribution < 1.29 is 8.42 Å². The summed E-state index contributed by atoms with van der Waals surface area (Å²) in [6.07, 6.45) is 1.20. The van der Waals surface area contributed by atoms with E-state index >= 15 is 0 Å². The molecule has 1 aromatic carbocycles. The molecular weight excluding hydrogens is 342 g/mol. The van der Waals surface area contributed by atoms with Crippen molar-refractivity contribution in [1.29, 1.82) is 0 Å². The Morgan fingerprint density at radius 1 is 1.29 bits per heavy atom. The molecule has 0 N–H and O–H groups in total. The largest absolute Gasteiger partial charge is 0.224 e. The Kier molecular flexibility index (Phi) is 3.92. The van der Waals surface area contributed by atoms with Gasteiger partial charge in [0, 0.05) is 16.5 Å². The standard InChI is InChI=1S/C10H8BrNO2S3/c1-17(13,14)8-4-2-7(3-5-8)16-10-12-9(11)6-15-10/h2-6H,1H3. The lowest BCUT2D eigenvalue weighted by atomic mass is 10.4. The van der Waals surface area contributed by atoms with Crippen LogP contribution >= 0.6 is 39.0 Å². The number of nitrogens with zero attached hydrogens (tertiary/aromatic N) is 1. The molecular formula is C10H8BrNO2S3. The van der Waals surface area contributed by atoms with Crippen LogP contribution in [0.2, 0.25) is 0 Å². The molecule has 0 unspecified atom stereocenters. The molecule has 0 bridgehead atoms. The Balaban J connectivity index is 2.19. The first-order valence-corrected chi connectivity index (χ1v) is 8.92. The number of sulfone groups is 1. The molecule has 17 heavy (non-hydrogen) atoms. The van der Waals surface area contributed by atoms with Gasteiger partial charge in [-0.3, -0.25) is 0 Å². The number of benzene rings is 1. The van der Waals surface area contributed by atoms with Crippen LogP contribution in [0, 0.1) is 0 Å². The van der Waals surface area contributed by atoms with Gasteiger partial charge in [-0.05, 0) is 40.2 Å². The van der Waals surface area contributed by atoms with Crippen LogP contribution in [0.25, 0.3) is 0 Å². The molecule has 0 aliphatic carbocycles. The molecule has 0 saturated carbocycles. The predicted octanol–water partition coefficient (Wildman–Crippen LogP) is 3.46. The maximum atomic E-state index is 11.3. The van der Waals surface area contributed by atoms with Crippen LogP contribution in [0.3, 0.4) is 0 Å². The van der Waals surface area contributed by atoms with Crippen molar-refractivity contribution in [2.75, 3.05) is 6.26 Å². The third-order valence-electron chi connectivity index (χ3n) is 1.91. The molecule has 0 fully saturated rings. The molecule has 0 aliphatic heterocycles. The molecule has 0 amide bonds. The Morgan fingerprint density at radius 3 is 2.41 bits per heavy atom. The number of hydrogen-bond acceptors (Lipinski definition) is 5. The second-order valence-corrected chi connectivity index (χ2v) is 8.29. The van der Waals surface area contributed by atoms with E-state index in [1.807, 2.05) is 5.38 Å². The van der Waals surface area contributed by atoms with Gasteiger partial charge in [0.1, 0.15) is 4.60 Å². The van der Waals surface area contributed by atoms with Crippen LogP contribution in [0.1, 0.15) is 0 Å². The first-order chi connectivity index (χ1) is 7.95. The van der Waals surface area contributed by atoms with Crippen LogP contribution in [-0.4, -0.2) is 19.7 Å². The normalized spacial score (nSPS) is 11.6. The van der Waals surface area contributed by atoms with Gasteiger partial charge < -0.3 is 0 Å². The summed E-state index contributed by atoms with van der Waals surface area (Å²) in [5, 5.41) is 1.91. The zero-order chi connectivity index (χ0) is 12.5. The van der Waals surface area contributed by atoms with Crippen LogP contribution in [0.5, 0.6) is 0 Å². The van der Waals surface area contributed by atoms with E-state index in [-0.39, 0.29) is 0 Å². The number of aromatic nitrogens is 1. The summed E-state index contributed by atoms with van der Waals surface area (Å²) < 4.78 is 24.3. The van der Waals surface area contributed by atoms with E-state index in [2.05, 4.69) is 20.9 Å². The van der Waals surface area contributed by atoms with Gasteiger partial charge in [0.2, 0.25) is 0 Å². The summed E-state index contributed by atoms with van der Waals surface area (Å²) in [5.41, 5.74) is 0. The molecule has 0 spiro atoms. The predicted molar refractivity (Wildman–Crippen MR) is 73.5 cm³/mol. The zero-order valence-electron chi connectivity index (χ0n) is 8.75. The SMILES string of the molecule is CS(=O)(=O)c1ccc(Sc2nc(Br)cs2)cc1. The van der Waals surface area contributed by atoms with Gasteiger partial charge in [-0.2, -0.15) is 0 Å². The Hall–Kier alpha value is -0.370. The lowest BCUT2D eigenvalue weighted by Crippen LogP contribution is -1.95. The first-order valence-electron chi connectivity index (χ1n) is 4.54. The van der Waals surface area contributed by atoms with Gasteiger partial charge in [0.25, 0.3) is 0 Å². The number of rotatable bonds is 3. The highest BCUT2D eigenvalue weighted by Crippen LogP contribution is 2.31. The summed E-state index contributed by atoms with van der Waals surface area (Å²) >= 11 is 6.34. The second-order valence-electron chi connectivity index (χ2n) is 3.28. The molecule has 1 heterocycles. The highest BCUT2D eigenvalue weighted by atomic mass is 79.9. The van der Waals surface area contributed by atoms with Gasteiger partial charge in [-0.25, -0.2) is 13.4 Å². The maximum absolute atomic E-state index is 11.3. The summed E-state index contributed by atoms with van der Waals surface area (Å²) in [5.74, 6) is 0. The van der Waals surface area contributed by atoms with Gasteiger partial charge in [-0.1, -0.05) is 11.8 Å². The van der Waals surface area contributed by atoms with Crippen LogP contribution in [-0.2, 0) is 9.84 Å². The fourth-order valence-electron chi connectivity index (χ4n) is 1.14. The molecule has 1 aromatic heterocycles. The molecule has 0 saturated heterocycles. The highest BCUT2D eigenvalue weighted by molar-refractivity contribution is 9.10. The fourth-order valence-corrected chi connectivity index (χ4v) is 4.11. The van der Waals surface area contributed by atoms with E-state index in [1.54, 1.807) is 35.6 Å². The molecule has 7 heteroatoms. The lowest BCUT2D eigenvalue weighted by molar-refractivity contribution is 0.602. The van der Waals surface area contributed by atoms with E-state index in [0.29, 0.717) is 4.90 Å². The fraction of sp³-hybridized carbons (Fsp3) is 0.100. The second kappa shape index (κ2) is 5.09. The molecule has 3 nitrogen and oxygen atoms in total. The Morgan fingerprint density at radius 2 is 1.94 bits per heavy atom. The topological polar surface area (TPSA) is 47.0 Å². The third-order valence-corrected chi connectivity index (χ3v) is 5.70. The van der Waals surface area contributed by atoms with E-state index in [9.17, 15) is 8.42 Å².